The third kappa shape index (κ3) is 3.35. The molecule has 4 rings (SSSR count). The van der Waals surface area contributed by atoms with Gasteiger partial charge in [0.15, 0.2) is 0 Å². The summed E-state index contributed by atoms with van der Waals surface area (Å²) in [7, 11) is 2.06. The van der Waals surface area contributed by atoms with Gasteiger partial charge in [-0.05, 0) is 38.6 Å². The number of fused-ring (bicyclic) bond motifs is 1. The molecule has 1 saturated heterocycles. The number of likely N-dealkylation sites (tertiary alicyclic amines) is 1. The van der Waals surface area contributed by atoms with Crippen molar-refractivity contribution in [3.8, 4) is 11.5 Å². The van der Waals surface area contributed by atoms with Crippen LogP contribution in [0.4, 0.5) is 8.78 Å². The van der Waals surface area contributed by atoms with E-state index in [1.807, 2.05) is 0 Å². The van der Waals surface area contributed by atoms with E-state index < -0.39 is 11.6 Å². The fraction of sp³-hybridized carbons (Fsp3) is 0.474. The van der Waals surface area contributed by atoms with Crippen molar-refractivity contribution < 1.29 is 18.0 Å². The van der Waals surface area contributed by atoms with Crippen molar-refractivity contribution in [2.45, 2.75) is 38.3 Å². The van der Waals surface area contributed by atoms with E-state index in [1.165, 1.54) is 12.1 Å². The number of hydrogen-bond donors (Lipinski definition) is 0. The Hall–Kier alpha value is -2.28. The highest BCUT2D eigenvalue weighted by molar-refractivity contribution is 5.77. The summed E-state index contributed by atoms with van der Waals surface area (Å²) >= 11 is 0. The Morgan fingerprint density at radius 3 is 2.73 bits per heavy atom. The Balaban J connectivity index is 1.48. The monoisotopic (exact) mass is 361 g/mol. The third-order valence-electron chi connectivity index (χ3n) is 5.27. The molecule has 7 heteroatoms. The van der Waals surface area contributed by atoms with E-state index in [4.69, 9.17) is 4.42 Å². The highest BCUT2D eigenvalue weighted by Gasteiger charge is 2.29. The van der Waals surface area contributed by atoms with Gasteiger partial charge in [0.05, 0.1) is 6.54 Å². The summed E-state index contributed by atoms with van der Waals surface area (Å²) in [5.41, 5.74) is 0.936. The highest BCUT2D eigenvalue weighted by atomic mass is 19.1. The Kier molecular flexibility index (Phi) is 4.48. The lowest BCUT2D eigenvalue weighted by molar-refractivity contribution is -0.133. The number of hydrogen-bond acceptors (Lipinski definition) is 4. The third-order valence-corrected chi connectivity index (χ3v) is 5.27. The van der Waals surface area contributed by atoms with Gasteiger partial charge in [-0.1, -0.05) is 0 Å². The highest BCUT2D eigenvalue weighted by Crippen LogP contribution is 2.28. The van der Waals surface area contributed by atoms with Gasteiger partial charge < -0.3 is 14.2 Å². The Morgan fingerprint density at radius 1 is 1.27 bits per heavy atom. The summed E-state index contributed by atoms with van der Waals surface area (Å²) in [4.78, 5) is 21.0. The molecule has 0 saturated carbocycles. The maximum Gasteiger partial charge on any atom is 0.226 e. The first-order valence-corrected chi connectivity index (χ1v) is 8.92. The minimum atomic E-state index is -0.673. The topological polar surface area (TPSA) is 49.6 Å². The van der Waals surface area contributed by atoms with Gasteiger partial charge >= 0.3 is 0 Å². The van der Waals surface area contributed by atoms with Crippen molar-refractivity contribution in [1.29, 1.82) is 0 Å². The Morgan fingerprint density at radius 2 is 2.04 bits per heavy atom. The first kappa shape index (κ1) is 17.1. The summed E-state index contributed by atoms with van der Waals surface area (Å²) in [6, 6.07) is 3.51. The number of amides is 1. The number of rotatable bonds is 3. The van der Waals surface area contributed by atoms with Gasteiger partial charge in [-0.3, -0.25) is 4.79 Å². The van der Waals surface area contributed by atoms with Gasteiger partial charge in [-0.15, -0.1) is 0 Å². The lowest BCUT2D eigenvalue weighted by Crippen LogP contribution is -2.39. The first-order chi connectivity index (χ1) is 12.5. The average Bonchev–Trinajstić information content (AvgIpc) is 3.19. The summed E-state index contributed by atoms with van der Waals surface area (Å²) in [6.45, 7) is 2.00. The molecule has 0 N–H and O–H groups in total. The van der Waals surface area contributed by atoms with Crippen LogP contribution in [0.1, 0.15) is 30.7 Å². The fourth-order valence-corrected chi connectivity index (χ4v) is 3.78. The van der Waals surface area contributed by atoms with Gasteiger partial charge in [0.1, 0.15) is 23.1 Å². The van der Waals surface area contributed by atoms with Crippen LogP contribution in [0.3, 0.4) is 0 Å². The number of nitrogens with zero attached hydrogens (tertiary/aromatic N) is 3. The van der Waals surface area contributed by atoms with Crippen molar-refractivity contribution in [2.75, 3.05) is 20.1 Å². The number of carbonyl (C=O) groups is 1. The van der Waals surface area contributed by atoms with Gasteiger partial charge in [-0.25, -0.2) is 13.8 Å². The predicted molar refractivity (Wildman–Crippen MR) is 91.2 cm³/mol. The minimum Gasteiger partial charge on any atom is -0.441 e. The minimum absolute atomic E-state index is 0.121. The first-order valence-electron chi connectivity index (χ1n) is 8.92. The quantitative estimate of drug-likeness (QED) is 0.843. The van der Waals surface area contributed by atoms with Crippen LogP contribution in [0.25, 0.3) is 11.5 Å². The van der Waals surface area contributed by atoms with E-state index in [9.17, 15) is 13.6 Å². The molecule has 2 aliphatic heterocycles. The van der Waals surface area contributed by atoms with E-state index >= 15 is 0 Å². The van der Waals surface area contributed by atoms with Crippen molar-refractivity contribution in [2.24, 2.45) is 0 Å². The molecule has 1 amide bonds. The van der Waals surface area contributed by atoms with E-state index in [1.54, 1.807) is 4.90 Å². The number of oxazole rings is 1. The summed E-state index contributed by atoms with van der Waals surface area (Å²) in [6.07, 6.45) is 3.27. The van der Waals surface area contributed by atoms with Gasteiger partial charge in [0.25, 0.3) is 0 Å². The molecular formula is C19H21F2N3O2. The van der Waals surface area contributed by atoms with Crippen LogP contribution in [0, 0.1) is 11.6 Å². The Labute approximate surface area is 150 Å². The van der Waals surface area contributed by atoms with Crippen LogP contribution in [0.5, 0.6) is 0 Å². The summed E-state index contributed by atoms with van der Waals surface area (Å²) in [5.74, 6) is -0.344. The summed E-state index contributed by atoms with van der Waals surface area (Å²) < 4.78 is 32.5. The van der Waals surface area contributed by atoms with Gasteiger partial charge in [0.2, 0.25) is 11.8 Å². The fourth-order valence-electron chi connectivity index (χ4n) is 3.78. The molecule has 26 heavy (non-hydrogen) atoms. The van der Waals surface area contributed by atoms with Crippen LogP contribution < -0.4 is 0 Å². The molecule has 0 radical (unpaired) electrons. The summed E-state index contributed by atoms with van der Waals surface area (Å²) in [5, 5.41) is 0. The molecule has 0 spiro atoms. The van der Waals surface area contributed by atoms with Gasteiger partial charge in [0, 0.05) is 37.1 Å². The number of halogens is 2. The predicted octanol–water partition coefficient (Wildman–Crippen LogP) is 2.99. The lowest BCUT2D eigenvalue weighted by atomic mass is 10.1. The molecule has 138 valence electrons. The SMILES string of the molecule is CN1CCCC1CC(=O)N1CCc2oc(-c3cc(F)cc(F)c3)nc2C1. The second-order valence-electron chi connectivity index (χ2n) is 7.09. The van der Waals surface area contributed by atoms with E-state index in [-0.39, 0.29) is 17.4 Å². The number of carbonyl (C=O) groups excluding carboxylic acids is 1. The zero-order chi connectivity index (χ0) is 18.3. The van der Waals surface area contributed by atoms with Crippen molar-refractivity contribution in [1.82, 2.24) is 14.8 Å². The molecule has 1 atom stereocenters. The largest absolute Gasteiger partial charge is 0.441 e. The van der Waals surface area contributed by atoms with Crippen molar-refractivity contribution in [3.63, 3.8) is 0 Å². The smallest absolute Gasteiger partial charge is 0.226 e. The molecule has 1 aromatic heterocycles. The number of benzene rings is 1. The zero-order valence-electron chi connectivity index (χ0n) is 14.7. The van der Waals surface area contributed by atoms with Gasteiger partial charge in [-0.2, -0.15) is 0 Å². The van der Waals surface area contributed by atoms with Crippen LogP contribution in [0.2, 0.25) is 0 Å². The molecule has 1 unspecified atom stereocenters. The Bertz CT molecular complexity index is 816. The molecule has 2 aliphatic rings. The van der Waals surface area contributed by atoms with Crippen LogP contribution in [-0.2, 0) is 17.8 Å². The maximum atomic E-state index is 13.4. The molecule has 0 aliphatic carbocycles. The average molecular weight is 361 g/mol. The maximum absolute atomic E-state index is 13.4. The molecule has 1 aromatic carbocycles. The second-order valence-corrected chi connectivity index (χ2v) is 7.09. The molecular weight excluding hydrogens is 340 g/mol. The second kappa shape index (κ2) is 6.79. The molecule has 0 bridgehead atoms. The molecule has 2 aromatic rings. The van der Waals surface area contributed by atoms with Crippen molar-refractivity contribution >= 4 is 5.91 Å². The van der Waals surface area contributed by atoms with Crippen LogP contribution >= 0.6 is 0 Å². The van der Waals surface area contributed by atoms with Crippen molar-refractivity contribution in [3.05, 3.63) is 41.3 Å². The zero-order valence-corrected chi connectivity index (χ0v) is 14.7. The van der Waals surface area contributed by atoms with Crippen LogP contribution in [0.15, 0.2) is 22.6 Å². The lowest BCUT2D eigenvalue weighted by Gasteiger charge is -2.28. The normalized spacial score (nSPS) is 20.4. The van der Waals surface area contributed by atoms with Crippen LogP contribution in [-0.4, -0.2) is 46.9 Å². The number of aromatic nitrogens is 1. The molecule has 3 heterocycles. The molecule has 5 nitrogen and oxygen atoms in total. The van der Waals surface area contributed by atoms with E-state index in [2.05, 4.69) is 16.9 Å². The molecule has 1 fully saturated rings. The standard InChI is InChI=1S/C19H21F2N3O2/c1-23-5-2-3-15(23)10-18(25)24-6-4-17-16(11-24)22-19(26-17)12-7-13(20)9-14(21)8-12/h7-9,15H,2-6,10-11H2,1H3. The van der Waals surface area contributed by atoms with E-state index in [0.29, 0.717) is 43.4 Å². The van der Waals surface area contributed by atoms with E-state index in [0.717, 1.165) is 25.5 Å².